The van der Waals surface area contributed by atoms with E-state index in [2.05, 4.69) is 5.32 Å². The zero-order valence-electron chi connectivity index (χ0n) is 9.58. The van der Waals surface area contributed by atoms with Gasteiger partial charge in [0.25, 0.3) is 0 Å². The Hall–Kier alpha value is -1.60. The number of nitriles is 1. The summed E-state index contributed by atoms with van der Waals surface area (Å²) in [5.74, 6) is -0.493. The molecule has 1 aromatic carbocycles. The Bertz CT molecular complexity index is 422. The number of aliphatic hydroxyl groups is 1. The highest BCUT2D eigenvalue weighted by Gasteiger charge is 2.24. The molecular weight excluding hydrogens is 207 g/mol. The molecule has 0 fully saturated rings. The van der Waals surface area contributed by atoms with Gasteiger partial charge in [-0.3, -0.25) is 0 Å². The van der Waals surface area contributed by atoms with E-state index in [1.165, 1.54) is 18.2 Å². The summed E-state index contributed by atoms with van der Waals surface area (Å²) in [6.45, 7) is 5.18. The van der Waals surface area contributed by atoms with Gasteiger partial charge in [0, 0.05) is 0 Å². The lowest BCUT2D eigenvalue weighted by atomic mass is 9.98. The van der Waals surface area contributed by atoms with Gasteiger partial charge in [0.2, 0.25) is 0 Å². The second-order valence-corrected chi connectivity index (χ2v) is 4.33. The number of nitrogens with zero attached hydrogens (tertiary/aromatic N) is 1. The third-order valence-electron chi connectivity index (χ3n) is 2.60. The molecule has 1 unspecified atom stereocenters. The molecule has 16 heavy (non-hydrogen) atoms. The number of benzene rings is 1. The van der Waals surface area contributed by atoms with Crippen molar-refractivity contribution in [3.63, 3.8) is 0 Å². The summed E-state index contributed by atoms with van der Waals surface area (Å²) in [5, 5.41) is 21.0. The van der Waals surface area contributed by atoms with E-state index in [1.54, 1.807) is 20.8 Å². The number of halogens is 1. The van der Waals surface area contributed by atoms with Crippen molar-refractivity contribution in [2.75, 3.05) is 5.32 Å². The molecule has 86 valence electrons. The minimum Gasteiger partial charge on any atom is -0.391 e. The topological polar surface area (TPSA) is 56.0 Å². The molecule has 0 aliphatic carbocycles. The summed E-state index contributed by atoms with van der Waals surface area (Å²) in [6.07, 6.45) is -0.623. The molecule has 0 heterocycles. The maximum atomic E-state index is 13.5. The predicted octanol–water partition coefficient (Wildman–Crippen LogP) is 2.27. The number of anilines is 1. The second kappa shape index (κ2) is 4.50. The van der Waals surface area contributed by atoms with E-state index in [1.807, 2.05) is 6.07 Å². The Morgan fingerprint density at radius 2 is 2.12 bits per heavy atom. The highest BCUT2D eigenvalue weighted by Crippen LogP contribution is 2.21. The normalized spacial score (nSPS) is 13.0. The molecule has 0 saturated carbocycles. The molecule has 2 N–H and O–H groups in total. The lowest BCUT2D eigenvalue weighted by molar-refractivity contribution is 0.133. The van der Waals surface area contributed by atoms with E-state index in [4.69, 9.17) is 5.26 Å². The lowest BCUT2D eigenvalue weighted by Crippen LogP contribution is -2.42. The van der Waals surface area contributed by atoms with Crippen molar-refractivity contribution in [2.24, 2.45) is 0 Å². The Labute approximate surface area is 94.5 Å². The van der Waals surface area contributed by atoms with Gasteiger partial charge in [-0.15, -0.1) is 0 Å². The lowest BCUT2D eigenvalue weighted by Gasteiger charge is -2.30. The van der Waals surface area contributed by atoms with E-state index in [-0.39, 0.29) is 11.3 Å². The van der Waals surface area contributed by atoms with Crippen LogP contribution in [0.3, 0.4) is 0 Å². The van der Waals surface area contributed by atoms with E-state index >= 15 is 0 Å². The fourth-order valence-electron chi connectivity index (χ4n) is 1.14. The summed E-state index contributed by atoms with van der Waals surface area (Å²) >= 11 is 0. The average Bonchev–Trinajstić information content (AvgIpc) is 2.20. The van der Waals surface area contributed by atoms with Crippen molar-refractivity contribution in [3.8, 4) is 6.07 Å². The van der Waals surface area contributed by atoms with Gasteiger partial charge in [0.15, 0.2) is 0 Å². The Kier molecular flexibility index (Phi) is 3.51. The minimum atomic E-state index is -0.630. The van der Waals surface area contributed by atoms with E-state index in [0.29, 0.717) is 0 Å². The number of aliphatic hydroxyl groups excluding tert-OH is 1. The third kappa shape index (κ3) is 2.71. The van der Waals surface area contributed by atoms with Crippen LogP contribution in [0.5, 0.6) is 0 Å². The van der Waals surface area contributed by atoms with Crippen molar-refractivity contribution in [2.45, 2.75) is 32.4 Å². The molecule has 0 amide bonds. The molecule has 0 saturated heterocycles. The van der Waals surface area contributed by atoms with E-state index in [0.717, 1.165) is 0 Å². The molecule has 1 aromatic rings. The van der Waals surface area contributed by atoms with Gasteiger partial charge in [-0.2, -0.15) is 5.26 Å². The van der Waals surface area contributed by atoms with Gasteiger partial charge in [0.1, 0.15) is 5.82 Å². The van der Waals surface area contributed by atoms with Crippen LogP contribution in [0.15, 0.2) is 18.2 Å². The molecule has 3 nitrogen and oxygen atoms in total. The average molecular weight is 222 g/mol. The van der Waals surface area contributed by atoms with Gasteiger partial charge in [-0.05, 0) is 39.0 Å². The number of nitrogens with one attached hydrogen (secondary N) is 1. The van der Waals surface area contributed by atoms with Gasteiger partial charge in [-0.25, -0.2) is 4.39 Å². The summed E-state index contributed by atoms with van der Waals surface area (Å²) in [5.41, 5.74) is -0.0718. The number of rotatable bonds is 3. The van der Waals surface area contributed by atoms with Crippen LogP contribution in [0.4, 0.5) is 10.1 Å². The first-order valence-electron chi connectivity index (χ1n) is 5.02. The van der Waals surface area contributed by atoms with Crippen LogP contribution in [-0.4, -0.2) is 16.7 Å². The van der Waals surface area contributed by atoms with Gasteiger partial charge in [-0.1, -0.05) is 0 Å². The highest BCUT2D eigenvalue weighted by molar-refractivity contribution is 5.50. The fraction of sp³-hybridized carbons (Fsp3) is 0.417. The van der Waals surface area contributed by atoms with E-state index in [9.17, 15) is 9.50 Å². The van der Waals surface area contributed by atoms with Crippen molar-refractivity contribution < 1.29 is 9.50 Å². The molecule has 0 radical (unpaired) electrons. The smallest absolute Gasteiger partial charge is 0.147 e. The predicted molar refractivity (Wildman–Crippen MR) is 60.5 cm³/mol. The molecule has 0 aliphatic rings. The molecular formula is C12H15FN2O. The Morgan fingerprint density at radius 3 is 2.56 bits per heavy atom. The van der Waals surface area contributed by atoms with Gasteiger partial charge in [0.05, 0.1) is 29.0 Å². The summed E-state index contributed by atoms with van der Waals surface area (Å²) in [7, 11) is 0. The largest absolute Gasteiger partial charge is 0.391 e. The Balaban J connectivity index is 2.95. The van der Waals surface area contributed by atoms with Crippen molar-refractivity contribution in [3.05, 3.63) is 29.6 Å². The van der Waals surface area contributed by atoms with Crippen LogP contribution in [0, 0.1) is 17.1 Å². The minimum absolute atomic E-state index is 0.276. The standard InChI is InChI=1S/C12H15FN2O/c1-8(16)12(2,3)15-11-5-4-9(7-14)6-10(11)13/h4-6,8,15-16H,1-3H3. The summed E-state index contributed by atoms with van der Waals surface area (Å²) < 4.78 is 13.5. The summed E-state index contributed by atoms with van der Waals surface area (Å²) in [4.78, 5) is 0. The molecule has 0 bridgehead atoms. The van der Waals surface area contributed by atoms with E-state index < -0.39 is 17.5 Å². The molecule has 0 aromatic heterocycles. The number of hydrogen-bond donors (Lipinski definition) is 2. The first-order chi connectivity index (χ1) is 7.36. The molecule has 0 spiro atoms. The molecule has 0 aliphatic heterocycles. The highest BCUT2D eigenvalue weighted by atomic mass is 19.1. The molecule has 1 atom stereocenters. The summed E-state index contributed by atoms with van der Waals surface area (Å²) in [6, 6.07) is 6.06. The van der Waals surface area contributed by atoms with Crippen molar-refractivity contribution in [1.82, 2.24) is 0 Å². The zero-order chi connectivity index (χ0) is 12.3. The van der Waals surface area contributed by atoms with Crippen LogP contribution in [0.1, 0.15) is 26.3 Å². The van der Waals surface area contributed by atoms with Crippen LogP contribution >= 0.6 is 0 Å². The van der Waals surface area contributed by atoms with Crippen molar-refractivity contribution >= 4 is 5.69 Å². The molecule has 1 rings (SSSR count). The second-order valence-electron chi connectivity index (χ2n) is 4.33. The Morgan fingerprint density at radius 1 is 1.50 bits per heavy atom. The SMILES string of the molecule is CC(O)C(C)(C)Nc1ccc(C#N)cc1F. The fourth-order valence-corrected chi connectivity index (χ4v) is 1.14. The molecule has 4 heteroatoms. The van der Waals surface area contributed by atoms with Crippen LogP contribution in [0.25, 0.3) is 0 Å². The zero-order valence-corrected chi connectivity index (χ0v) is 9.58. The van der Waals surface area contributed by atoms with Crippen LogP contribution in [-0.2, 0) is 0 Å². The van der Waals surface area contributed by atoms with Gasteiger partial charge < -0.3 is 10.4 Å². The monoisotopic (exact) mass is 222 g/mol. The van der Waals surface area contributed by atoms with Crippen LogP contribution in [0.2, 0.25) is 0 Å². The third-order valence-corrected chi connectivity index (χ3v) is 2.60. The first-order valence-corrected chi connectivity index (χ1v) is 5.02. The maximum Gasteiger partial charge on any atom is 0.147 e. The quantitative estimate of drug-likeness (QED) is 0.824. The van der Waals surface area contributed by atoms with Crippen molar-refractivity contribution in [1.29, 1.82) is 5.26 Å². The van der Waals surface area contributed by atoms with Gasteiger partial charge >= 0.3 is 0 Å². The number of hydrogen-bond acceptors (Lipinski definition) is 3. The first kappa shape index (κ1) is 12.5. The van der Waals surface area contributed by atoms with Crippen LogP contribution < -0.4 is 5.32 Å². The maximum absolute atomic E-state index is 13.5.